The Bertz CT molecular complexity index is 649. The largest absolute Gasteiger partial charge is 0.268 e. The van der Waals surface area contributed by atoms with E-state index in [1.807, 2.05) is 30.2 Å². The summed E-state index contributed by atoms with van der Waals surface area (Å²) in [6.45, 7) is 2.00. The molecule has 2 heterocycles. The lowest BCUT2D eigenvalue weighted by molar-refractivity contribution is 0.315. The van der Waals surface area contributed by atoms with Gasteiger partial charge in [-0.3, -0.25) is 4.68 Å². The number of nitrogens with zero attached hydrogens (tertiary/aromatic N) is 5. The van der Waals surface area contributed by atoms with Gasteiger partial charge in [0.15, 0.2) is 0 Å². The lowest BCUT2D eigenvalue weighted by Gasteiger charge is -2.21. The van der Waals surface area contributed by atoms with E-state index in [0.29, 0.717) is 12.3 Å². The maximum atomic E-state index is 9.11. The van der Waals surface area contributed by atoms with Gasteiger partial charge in [-0.2, -0.15) is 10.4 Å². The minimum Gasteiger partial charge on any atom is -0.268 e. The minimum atomic E-state index is 0.188. The first-order chi connectivity index (χ1) is 10.3. The van der Waals surface area contributed by atoms with Gasteiger partial charge in [-0.1, -0.05) is 12.8 Å². The fraction of sp³-hybridized carbons (Fsp3) is 0.500. The number of nitriles is 1. The van der Waals surface area contributed by atoms with E-state index in [4.69, 9.17) is 5.26 Å². The summed E-state index contributed by atoms with van der Waals surface area (Å²) in [6.07, 6.45) is 12.7. The number of hydrogen-bond donors (Lipinski definition) is 0. The van der Waals surface area contributed by atoms with Crippen molar-refractivity contribution in [2.24, 2.45) is 5.92 Å². The Hall–Kier alpha value is -2.22. The molecule has 0 N–H and O–H groups in total. The second kappa shape index (κ2) is 6.04. The molecule has 0 bridgehead atoms. The van der Waals surface area contributed by atoms with Crippen molar-refractivity contribution in [1.82, 2.24) is 19.7 Å². The van der Waals surface area contributed by atoms with Crippen LogP contribution in [-0.2, 0) is 0 Å². The van der Waals surface area contributed by atoms with Crippen LogP contribution in [0.25, 0.3) is 11.3 Å². The molecule has 0 aliphatic heterocycles. The third-order valence-electron chi connectivity index (χ3n) is 4.35. The van der Waals surface area contributed by atoms with E-state index >= 15 is 0 Å². The molecule has 0 radical (unpaired) electrons. The van der Waals surface area contributed by atoms with Gasteiger partial charge in [0.25, 0.3) is 0 Å². The summed E-state index contributed by atoms with van der Waals surface area (Å²) in [7, 11) is 0. The van der Waals surface area contributed by atoms with Gasteiger partial charge < -0.3 is 0 Å². The summed E-state index contributed by atoms with van der Waals surface area (Å²) in [6, 6.07) is 2.51. The average molecular weight is 281 g/mol. The standard InChI is InChI=1S/C16H19N5/c1-12-8-18-11-19-16(12)14-9-20-21(10-14)15(6-7-17)13-4-2-3-5-13/h8-11,13,15H,2-6H2,1H3. The van der Waals surface area contributed by atoms with Crippen LogP contribution in [0.15, 0.2) is 24.9 Å². The second-order valence-corrected chi connectivity index (χ2v) is 5.74. The van der Waals surface area contributed by atoms with Crippen molar-refractivity contribution in [3.63, 3.8) is 0 Å². The summed E-state index contributed by atoms with van der Waals surface area (Å²) >= 11 is 0. The normalized spacial score (nSPS) is 16.8. The molecule has 1 saturated carbocycles. The van der Waals surface area contributed by atoms with Crippen LogP contribution in [0, 0.1) is 24.2 Å². The van der Waals surface area contributed by atoms with Crippen molar-refractivity contribution in [3.05, 3.63) is 30.5 Å². The van der Waals surface area contributed by atoms with Crippen molar-refractivity contribution in [2.75, 3.05) is 0 Å². The molecule has 2 aromatic rings. The summed E-state index contributed by atoms with van der Waals surface area (Å²) in [4.78, 5) is 8.36. The zero-order chi connectivity index (χ0) is 14.7. The first-order valence-electron chi connectivity index (χ1n) is 7.47. The maximum Gasteiger partial charge on any atom is 0.116 e. The van der Waals surface area contributed by atoms with Crippen LogP contribution in [0.3, 0.4) is 0 Å². The molecule has 2 aromatic heterocycles. The lowest BCUT2D eigenvalue weighted by Crippen LogP contribution is -2.17. The molecule has 1 aliphatic rings. The van der Waals surface area contributed by atoms with E-state index in [2.05, 4.69) is 21.1 Å². The molecule has 1 aliphatic carbocycles. The monoisotopic (exact) mass is 281 g/mol. The van der Waals surface area contributed by atoms with E-state index in [0.717, 1.165) is 16.8 Å². The van der Waals surface area contributed by atoms with E-state index in [1.54, 1.807) is 6.33 Å². The molecule has 0 saturated heterocycles. The number of rotatable bonds is 4. The molecule has 0 spiro atoms. The van der Waals surface area contributed by atoms with Crippen molar-refractivity contribution >= 4 is 0 Å². The predicted molar refractivity (Wildman–Crippen MR) is 79.2 cm³/mol. The van der Waals surface area contributed by atoms with Crippen LogP contribution in [0.5, 0.6) is 0 Å². The fourth-order valence-electron chi connectivity index (χ4n) is 3.25. The molecule has 5 nitrogen and oxygen atoms in total. The zero-order valence-electron chi connectivity index (χ0n) is 12.2. The van der Waals surface area contributed by atoms with E-state index in [9.17, 15) is 0 Å². The quantitative estimate of drug-likeness (QED) is 0.862. The highest BCUT2D eigenvalue weighted by Gasteiger charge is 2.27. The van der Waals surface area contributed by atoms with Gasteiger partial charge >= 0.3 is 0 Å². The van der Waals surface area contributed by atoms with Gasteiger partial charge in [0.2, 0.25) is 0 Å². The van der Waals surface area contributed by atoms with Crippen molar-refractivity contribution < 1.29 is 0 Å². The number of aryl methyl sites for hydroxylation is 1. The van der Waals surface area contributed by atoms with Crippen molar-refractivity contribution in [1.29, 1.82) is 5.26 Å². The maximum absolute atomic E-state index is 9.11. The van der Waals surface area contributed by atoms with Gasteiger partial charge in [-0.05, 0) is 31.2 Å². The third kappa shape index (κ3) is 2.80. The first kappa shape index (κ1) is 13.7. The molecule has 0 amide bonds. The molecule has 108 valence electrons. The number of hydrogen-bond acceptors (Lipinski definition) is 4. The van der Waals surface area contributed by atoms with Gasteiger partial charge in [0, 0.05) is 18.0 Å². The Balaban J connectivity index is 1.89. The van der Waals surface area contributed by atoms with Crippen LogP contribution < -0.4 is 0 Å². The average Bonchev–Trinajstić information content (AvgIpc) is 3.17. The second-order valence-electron chi connectivity index (χ2n) is 5.74. The van der Waals surface area contributed by atoms with Crippen LogP contribution in [-0.4, -0.2) is 19.7 Å². The van der Waals surface area contributed by atoms with Crippen LogP contribution in [0.2, 0.25) is 0 Å². The highest BCUT2D eigenvalue weighted by Crippen LogP contribution is 2.36. The molecule has 1 unspecified atom stereocenters. The molecule has 3 rings (SSSR count). The summed E-state index contributed by atoms with van der Waals surface area (Å²) in [5.41, 5.74) is 2.95. The zero-order valence-corrected chi connectivity index (χ0v) is 12.2. The highest BCUT2D eigenvalue weighted by atomic mass is 15.3. The van der Waals surface area contributed by atoms with Crippen molar-refractivity contribution in [3.8, 4) is 17.3 Å². The molecule has 0 aromatic carbocycles. The Morgan fingerprint density at radius 2 is 2.19 bits per heavy atom. The molecule has 1 atom stereocenters. The summed E-state index contributed by atoms with van der Waals surface area (Å²) < 4.78 is 1.97. The molecule has 1 fully saturated rings. The SMILES string of the molecule is Cc1cncnc1-c1cnn(C(CC#N)C2CCCC2)c1. The highest BCUT2D eigenvalue weighted by molar-refractivity contribution is 5.60. The minimum absolute atomic E-state index is 0.188. The van der Waals surface area contributed by atoms with Gasteiger partial charge in [0.1, 0.15) is 6.33 Å². The third-order valence-corrected chi connectivity index (χ3v) is 4.35. The Labute approximate surface area is 124 Å². The van der Waals surface area contributed by atoms with E-state index in [-0.39, 0.29) is 6.04 Å². The van der Waals surface area contributed by atoms with Crippen LogP contribution in [0.4, 0.5) is 0 Å². The van der Waals surface area contributed by atoms with Crippen LogP contribution >= 0.6 is 0 Å². The molecular formula is C16H19N5. The van der Waals surface area contributed by atoms with E-state index in [1.165, 1.54) is 25.7 Å². The molecule has 21 heavy (non-hydrogen) atoms. The van der Waals surface area contributed by atoms with E-state index < -0.39 is 0 Å². The summed E-state index contributed by atoms with van der Waals surface area (Å²) in [5, 5.41) is 13.6. The van der Waals surface area contributed by atoms with Crippen molar-refractivity contribution in [2.45, 2.75) is 45.1 Å². The lowest BCUT2D eigenvalue weighted by atomic mass is 9.96. The smallest absolute Gasteiger partial charge is 0.116 e. The van der Waals surface area contributed by atoms with Crippen LogP contribution in [0.1, 0.15) is 43.7 Å². The van der Waals surface area contributed by atoms with Gasteiger partial charge in [-0.15, -0.1) is 0 Å². The van der Waals surface area contributed by atoms with Gasteiger partial charge in [0.05, 0.1) is 30.4 Å². The number of aromatic nitrogens is 4. The Kier molecular flexibility index (Phi) is 3.96. The fourth-order valence-corrected chi connectivity index (χ4v) is 3.25. The topological polar surface area (TPSA) is 67.4 Å². The first-order valence-corrected chi connectivity index (χ1v) is 7.47. The Morgan fingerprint density at radius 1 is 1.38 bits per heavy atom. The Morgan fingerprint density at radius 3 is 2.90 bits per heavy atom. The van der Waals surface area contributed by atoms with Gasteiger partial charge in [-0.25, -0.2) is 9.97 Å². The molecule has 5 heteroatoms. The summed E-state index contributed by atoms with van der Waals surface area (Å²) in [5.74, 6) is 0.573. The molecular weight excluding hydrogens is 262 g/mol. The predicted octanol–water partition coefficient (Wildman–Crippen LogP) is 3.29.